The molecule has 3 aliphatic rings. The standard InChI is InChI=1S/C19H24N4O3/c24-17-5-4-16(18(25)22-17)23-11-15-12(2-1-3-14(15)19(23)26)10-21-13-6-8-20-9-7-13/h1-3,13,16,20-21H,4-11H2,(H,22,24,25). The van der Waals surface area contributed by atoms with Crippen molar-refractivity contribution in [3.05, 3.63) is 34.9 Å². The molecule has 0 saturated carbocycles. The van der Waals surface area contributed by atoms with E-state index in [0.29, 0.717) is 24.6 Å². The number of rotatable bonds is 4. The lowest BCUT2D eigenvalue weighted by Crippen LogP contribution is -2.52. The molecule has 0 spiro atoms. The van der Waals surface area contributed by atoms with E-state index >= 15 is 0 Å². The fourth-order valence-corrected chi connectivity index (χ4v) is 4.10. The van der Waals surface area contributed by atoms with Crippen LogP contribution in [0.3, 0.4) is 0 Å². The molecule has 3 amide bonds. The largest absolute Gasteiger partial charge is 0.322 e. The van der Waals surface area contributed by atoms with E-state index in [9.17, 15) is 14.4 Å². The Kier molecular flexibility index (Phi) is 4.74. The van der Waals surface area contributed by atoms with Crippen LogP contribution in [0.2, 0.25) is 0 Å². The molecule has 3 heterocycles. The predicted octanol–water partition coefficient (Wildman–Crippen LogP) is 0.289. The second kappa shape index (κ2) is 7.17. The van der Waals surface area contributed by atoms with Crippen LogP contribution in [-0.4, -0.2) is 47.8 Å². The molecule has 4 rings (SSSR count). The number of benzene rings is 1. The van der Waals surface area contributed by atoms with E-state index in [2.05, 4.69) is 16.0 Å². The van der Waals surface area contributed by atoms with Gasteiger partial charge in [0.2, 0.25) is 11.8 Å². The molecule has 26 heavy (non-hydrogen) atoms. The van der Waals surface area contributed by atoms with E-state index in [1.807, 2.05) is 18.2 Å². The van der Waals surface area contributed by atoms with Gasteiger partial charge in [0.1, 0.15) is 6.04 Å². The predicted molar refractivity (Wildman–Crippen MR) is 95.2 cm³/mol. The topological polar surface area (TPSA) is 90.5 Å². The Hall–Kier alpha value is -2.25. The lowest BCUT2D eigenvalue weighted by molar-refractivity contribution is -0.136. The molecular weight excluding hydrogens is 332 g/mol. The van der Waals surface area contributed by atoms with Crippen molar-refractivity contribution in [2.45, 2.75) is 50.9 Å². The molecule has 1 atom stereocenters. The summed E-state index contributed by atoms with van der Waals surface area (Å²) in [4.78, 5) is 38.0. The highest BCUT2D eigenvalue weighted by atomic mass is 16.2. The van der Waals surface area contributed by atoms with Crippen LogP contribution >= 0.6 is 0 Å². The number of imide groups is 1. The number of carbonyl (C=O) groups is 3. The van der Waals surface area contributed by atoms with Gasteiger partial charge in [0.25, 0.3) is 5.91 Å². The van der Waals surface area contributed by atoms with Crippen LogP contribution in [0.1, 0.15) is 47.2 Å². The Morgan fingerprint density at radius 2 is 1.92 bits per heavy atom. The minimum Gasteiger partial charge on any atom is -0.322 e. The number of nitrogens with zero attached hydrogens (tertiary/aromatic N) is 1. The van der Waals surface area contributed by atoms with E-state index in [4.69, 9.17) is 0 Å². The molecule has 138 valence electrons. The quantitative estimate of drug-likeness (QED) is 0.675. The smallest absolute Gasteiger partial charge is 0.255 e. The summed E-state index contributed by atoms with van der Waals surface area (Å²) < 4.78 is 0. The van der Waals surface area contributed by atoms with Crippen molar-refractivity contribution in [3.8, 4) is 0 Å². The van der Waals surface area contributed by atoms with Crippen molar-refractivity contribution in [2.24, 2.45) is 0 Å². The van der Waals surface area contributed by atoms with Gasteiger partial charge in [-0.3, -0.25) is 19.7 Å². The Morgan fingerprint density at radius 1 is 1.12 bits per heavy atom. The zero-order chi connectivity index (χ0) is 18.1. The molecule has 1 aromatic rings. The second-order valence-electron chi connectivity index (χ2n) is 7.25. The van der Waals surface area contributed by atoms with E-state index in [-0.39, 0.29) is 24.1 Å². The van der Waals surface area contributed by atoms with Gasteiger partial charge in [-0.1, -0.05) is 12.1 Å². The number of nitrogens with one attached hydrogen (secondary N) is 3. The number of amides is 3. The molecule has 0 aliphatic carbocycles. The lowest BCUT2D eigenvalue weighted by atomic mass is 10.0. The summed E-state index contributed by atoms with van der Waals surface area (Å²) in [6.45, 7) is 3.23. The van der Waals surface area contributed by atoms with Crippen LogP contribution in [0.4, 0.5) is 0 Å². The molecule has 2 saturated heterocycles. The van der Waals surface area contributed by atoms with Gasteiger partial charge in [-0.2, -0.15) is 0 Å². The van der Waals surface area contributed by atoms with Gasteiger partial charge in [-0.25, -0.2) is 0 Å². The fourth-order valence-electron chi connectivity index (χ4n) is 4.10. The molecular formula is C19H24N4O3. The normalized spacial score (nSPS) is 23.9. The number of carbonyl (C=O) groups excluding carboxylic acids is 3. The van der Waals surface area contributed by atoms with Gasteiger partial charge in [0, 0.05) is 31.1 Å². The maximum absolute atomic E-state index is 12.8. The molecule has 1 unspecified atom stereocenters. The Bertz CT molecular complexity index is 742. The molecule has 3 N–H and O–H groups in total. The summed E-state index contributed by atoms with van der Waals surface area (Å²) in [7, 11) is 0. The molecule has 0 radical (unpaired) electrons. The van der Waals surface area contributed by atoms with Gasteiger partial charge in [0.05, 0.1) is 0 Å². The van der Waals surface area contributed by atoms with E-state index in [1.54, 1.807) is 4.90 Å². The highest BCUT2D eigenvalue weighted by Crippen LogP contribution is 2.29. The van der Waals surface area contributed by atoms with E-state index < -0.39 is 6.04 Å². The summed E-state index contributed by atoms with van der Waals surface area (Å²) in [5.41, 5.74) is 2.80. The zero-order valence-corrected chi connectivity index (χ0v) is 14.7. The van der Waals surface area contributed by atoms with Crippen molar-refractivity contribution in [1.29, 1.82) is 0 Å². The molecule has 3 aliphatic heterocycles. The Labute approximate surface area is 152 Å². The third kappa shape index (κ3) is 3.24. The van der Waals surface area contributed by atoms with Crippen molar-refractivity contribution in [3.63, 3.8) is 0 Å². The van der Waals surface area contributed by atoms with Crippen LogP contribution in [0, 0.1) is 0 Å². The minimum absolute atomic E-state index is 0.113. The molecule has 2 fully saturated rings. The van der Waals surface area contributed by atoms with Crippen molar-refractivity contribution in [1.82, 2.24) is 20.9 Å². The van der Waals surface area contributed by atoms with Crippen LogP contribution in [0.5, 0.6) is 0 Å². The van der Waals surface area contributed by atoms with Crippen LogP contribution in [-0.2, 0) is 22.7 Å². The maximum atomic E-state index is 12.8. The summed E-state index contributed by atoms with van der Waals surface area (Å²) in [5, 5.41) is 9.30. The summed E-state index contributed by atoms with van der Waals surface area (Å²) in [6, 6.07) is 5.73. The Balaban J connectivity index is 1.48. The number of fused-ring (bicyclic) bond motifs is 1. The van der Waals surface area contributed by atoms with Gasteiger partial charge < -0.3 is 15.5 Å². The number of piperidine rings is 2. The average molecular weight is 356 g/mol. The third-order valence-corrected chi connectivity index (χ3v) is 5.60. The number of hydrogen-bond acceptors (Lipinski definition) is 5. The molecule has 7 nitrogen and oxygen atoms in total. The molecule has 0 aromatic heterocycles. The van der Waals surface area contributed by atoms with Crippen LogP contribution < -0.4 is 16.0 Å². The van der Waals surface area contributed by atoms with Crippen molar-refractivity contribution >= 4 is 17.7 Å². The first-order chi connectivity index (χ1) is 12.6. The van der Waals surface area contributed by atoms with Crippen molar-refractivity contribution in [2.75, 3.05) is 13.1 Å². The zero-order valence-electron chi connectivity index (χ0n) is 14.7. The first-order valence-electron chi connectivity index (χ1n) is 9.33. The van der Waals surface area contributed by atoms with Gasteiger partial charge >= 0.3 is 0 Å². The van der Waals surface area contributed by atoms with Gasteiger partial charge in [-0.05, 0) is 49.5 Å². The van der Waals surface area contributed by atoms with Crippen LogP contribution in [0.25, 0.3) is 0 Å². The Morgan fingerprint density at radius 3 is 2.69 bits per heavy atom. The monoisotopic (exact) mass is 356 g/mol. The lowest BCUT2D eigenvalue weighted by Gasteiger charge is -2.29. The summed E-state index contributed by atoms with van der Waals surface area (Å²) in [5.74, 6) is -0.739. The maximum Gasteiger partial charge on any atom is 0.255 e. The molecule has 1 aromatic carbocycles. The summed E-state index contributed by atoms with van der Waals surface area (Å²) >= 11 is 0. The second-order valence-corrected chi connectivity index (χ2v) is 7.25. The first kappa shape index (κ1) is 17.2. The van der Waals surface area contributed by atoms with E-state index in [1.165, 1.54) is 0 Å². The molecule has 0 bridgehead atoms. The fraction of sp³-hybridized carbons (Fsp3) is 0.526. The van der Waals surface area contributed by atoms with Gasteiger partial charge in [0.15, 0.2) is 0 Å². The van der Waals surface area contributed by atoms with Gasteiger partial charge in [-0.15, -0.1) is 0 Å². The first-order valence-corrected chi connectivity index (χ1v) is 9.33. The third-order valence-electron chi connectivity index (χ3n) is 5.60. The highest BCUT2D eigenvalue weighted by Gasteiger charge is 2.39. The van der Waals surface area contributed by atoms with Crippen LogP contribution in [0.15, 0.2) is 18.2 Å². The van der Waals surface area contributed by atoms with E-state index in [0.717, 1.165) is 43.6 Å². The van der Waals surface area contributed by atoms with Crippen molar-refractivity contribution < 1.29 is 14.4 Å². The summed E-state index contributed by atoms with van der Waals surface area (Å²) in [6.07, 6.45) is 2.89. The average Bonchev–Trinajstić information content (AvgIpc) is 2.98. The minimum atomic E-state index is -0.558. The molecule has 7 heteroatoms. The SMILES string of the molecule is O=C1CCC(N2Cc3c(CNC4CCNCC4)cccc3C2=O)C(=O)N1. The number of hydrogen-bond donors (Lipinski definition) is 3. The highest BCUT2D eigenvalue weighted by molar-refractivity contribution is 6.05.